The molecule has 0 aromatic heterocycles. The van der Waals surface area contributed by atoms with Gasteiger partial charge in [0.2, 0.25) is 5.91 Å². The minimum Gasteiger partial charge on any atom is -0.380 e. The Morgan fingerprint density at radius 2 is 1.92 bits per heavy atom. The van der Waals surface area contributed by atoms with Crippen molar-refractivity contribution in [2.24, 2.45) is 35.0 Å². The molecule has 6 fully saturated rings. The Bertz CT molecular complexity index is 873. The number of amides is 1. The zero-order chi connectivity index (χ0) is 26.7. The maximum absolute atomic E-state index is 14.3. The third kappa shape index (κ3) is 5.10. The van der Waals surface area contributed by atoms with Crippen LogP contribution in [0, 0.1) is 35.0 Å². The molecule has 1 amide bonds. The Morgan fingerprint density at radius 1 is 1.11 bits per heavy atom. The highest BCUT2D eigenvalue weighted by molar-refractivity contribution is 5.82. The summed E-state index contributed by atoms with van der Waals surface area (Å²) in [5.41, 5.74) is 6.60. The summed E-state index contributed by atoms with van der Waals surface area (Å²) in [6.45, 7) is 3.81. The molecule has 0 radical (unpaired) electrons. The number of nitrogens with zero attached hydrogens (tertiary/aromatic N) is 3. The monoisotopic (exact) mass is 545 g/mol. The van der Waals surface area contributed by atoms with Crippen LogP contribution in [0.15, 0.2) is 0 Å². The molecule has 8 atom stereocenters. The summed E-state index contributed by atoms with van der Waals surface area (Å²) >= 11 is 0. The van der Waals surface area contributed by atoms with E-state index < -0.39 is 30.1 Å². The molecule has 0 aromatic carbocycles. The molecule has 2 N–H and O–H groups in total. The summed E-state index contributed by atoms with van der Waals surface area (Å²) < 4.78 is 62.3. The minimum absolute atomic E-state index is 0.00919. The first-order chi connectivity index (χ1) is 18.1. The van der Waals surface area contributed by atoms with Crippen molar-refractivity contribution in [3.05, 3.63) is 0 Å². The molecule has 4 saturated heterocycles. The number of hydrogen-bond donors (Lipinski definition) is 2. The van der Waals surface area contributed by atoms with E-state index in [0.29, 0.717) is 51.6 Å². The number of carbonyl (C=O) groups is 1. The van der Waals surface area contributed by atoms with Crippen molar-refractivity contribution in [1.29, 1.82) is 0 Å². The van der Waals surface area contributed by atoms with E-state index >= 15 is 0 Å². The molecule has 0 aromatic rings. The van der Waals surface area contributed by atoms with Gasteiger partial charge in [-0.2, -0.15) is 13.2 Å². The summed E-state index contributed by atoms with van der Waals surface area (Å²) in [6.07, 6.45) is 0.781. The number of rotatable bonds is 6. The molecule has 11 heteroatoms. The standard InChI is InChI=1S/C27H43F4N5O2/c1-34-16-32-33-24(34)10-26(14-38-15-26)18-3-2-4-20(9-18)36-13-22-21(25(36)37)7-17(8-23(22)27(29,30)31)11-35-6-5-19(28)12-35/h17-24,32-33H,2-16H2,1H3/t17?,18?,19-,20?,21?,22?,23?,24?/m0/s1. The van der Waals surface area contributed by atoms with E-state index in [1.54, 1.807) is 0 Å². The van der Waals surface area contributed by atoms with Crippen LogP contribution in [-0.2, 0) is 9.53 Å². The fourth-order valence-electron chi connectivity index (χ4n) is 8.67. The molecular weight excluding hydrogens is 502 g/mol. The quantitative estimate of drug-likeness (QED) is 0.501. The molecule has 6 aliphatic rings. The second kappa shape index (κ2) is 10.4. The molecule has 6 rings (SSSR count). The highest BCUT2D eigenvalue weighted by Gasteiger charge is 2.58. The van der Waals surface area contributed by atoms with Crippen molar-refractivity contribution in [2.45, 2.75) is 75.9 Å². The summed E-state index contributed by atoms with van der Waals surface area (Å²) in [6, 6.07) is 0.00919. The molecular formula is C27H43F4N5O2. The van der Waals surface area contributed by atoms with E-state index in [1.807, 2.05) is 9.80 Å². The first-order valence-corrected chi connectivity index (χ1v) is 14.6. The number of halogens is 4. The number of likely N-dealkylation sites (tertiary alicyclic amines) is 2. The lowest BCUT2D eigenvalue weighted by molar-refractivity contribution is -0.204. The van der Waals surface area contributed by atoms with Crippen molar-refractivity contribution in [2.75, 3.05) is 53.1 Å². The largest absolute Gasteiger partial charge is 0.392 e. The summed E-state index contributed by atoms with van der Waals surface area (Å²) in [4.78, 5) is 19.8. The molecule has 7 nitrogen and oxygen atoms in total. The molecule has 38 heavy (non-hydrogen) atoms. The van der Waals surface area contributed by atoms with Crippen molar-refractivity contribution in [3.8, 4) is 0 Å². The lowest BCUT2D eigenvalue weighted by Gasteiger charge is -2.52. The minimum atomic E-state index is -4.32. The van der Waals surface area contributed by atoms with Gasteiger partial charge in [0.05, 0.1) is 32.0 Å². The Labute approximate surface area is 222 Å². The SMILES string of the molecule is CN1CNNC1CC1(C2CCCC(N3CC4C(CC(CN5CC[C@H](F)C5)CC4C(F)(F)F)C3=O)C2)COC1. The van der Waals surface area contributed by atoms with Gasteiger partial charge in [-0.1, -0.05) is 6.42 Å². The summed E-state index contributed by atoms with van der Waals surface area (Å²) in [7, 11) is 2.09. The van der Waals surface area contributed by atoms with Crippen molar-refractivity contribution >= 4 is 5.91 Å². The van der Waals surface area contributed by atoms with Crippen LogP contribution in [0.3, 0.4) is 0 Å². The third-order valence-electron chi connectivity index (χ3n) is 10.8. The van der Waals surface area contributed by atoms with Crippen LogP contribution in [0.1, 0.15) is 51.4 Å². The van der Waals surface area contributed by atoms with E-state index in [4.69, 9.17) is 4.74 Å². The topological polar surface area (TPSA) is 60.1 Å². The number of alkyl halides is 4. The molecule has 2 saturated carbocycles. The fraction of sp³-hybridized carbons (Fsp3) is 0.963. The van der Waals surface area contributed by atoms with Gasteiger partial charge in [-0.05, 0) is 69.7 Å². The van der Waals surface area contributed by atoms with E-state index in [-0.39, 0.29) is 42.4 Å². The maximum atomic E-state index is 14.3. The van der Waals surface area contributed by atoms with Crippen molar-refractivity contribution in [3.63, 3.8) is 0 Å². The number of hydrazine groups is 1. The van der Waals surface area contributed by atoms with Gasteiger partial charge in [0.1, 0.15) is 6.17 Å². The highest BCUT2D eigenvalue weighted by Crippen LogP contribution is 2.53. The molecule has 2 aliphatic carbocycles. The molecule has 0 spiro atoms. The maximum Gasteiger partial charge on any atom is 0.392 e. The van der Waals surface area contributed by atoms with Crippen LogP contribution in [-0.4, -0.2) is 98.3 Å². The van der Waals surface area contributed by atoms with Gasteiger partial charge >= 0.3 is 6.18 Å². The number of ether oxygens (including phenoxy) is 1. The first kappa shape index (κ1) is 27.2. The summed E-state index contributed by atoms with van der Waals surface area (Å²) in [5, 5.41) is 0. The predicted molar refractivity (Wildman–Crippen MR) is 133 cm³/mol. The van der Waals surface area contributed by atoms with Crippen LogP contribution in [0.25, 0.3) is 0 Å². The number of nitrogens with one attached hydrogen (secondary N) is 2. The van der Waals surface area contributed by atoms with Crippen LogP contribution in [0.4, 0.5) is 17.6 Å². The molecule has 216 valence electrons. The fourth-order valence-corrected chi connectivity index (χ4v) is 8.67. The summed E-state index contributed by atoms with van der Waals surface area (Å²) in [5.74, 6) is -2.55. The smallest absolute Gasteiger partial charge is 0.380 e. The Kier molecular flexibility index (Phi) is 7.46. The van der Waals surface area contributed by atoms with Gasteiger partial charge in [0, 0.05) is 43.6 Å². The van der Waals surface area contributed by atoms with Crippen LogP contribution in [0.2, 0.25) is 0 Å². The Balaban J connectivity index is 1.15. The Morgan fingerprint density at radius 3 is 2.55 bits per heavy atom. The average Bonchev–Trinajstić information content (AvgIpc) is 3.54. The number of carbonyl (C=O) groups excluding carboxylic acids is 1. The van der Waals surface area contributed by atoms with Crippen LogP contribution in [0.5, 0.6) is 0 Å². The molecule has 0 bridgehead atoms. The average molecular weight is 546 g/mol. The van der Waals surface area contributed by atoms with Gasteiger partial charge < -0.3 is 14.5 Å². The normalized spacial score (nSPS) is 42.4. The number of fused-ring (bicyclic) bond motifs is 1. The van der Waals surface area contributed by atoms with E-state index in [1.165, 1.54) is 0 Å². The van der Waals surface area contributed by atoms with Crippen molar-refractivity contribution < 1.29 is 27.1 Å². The van der Waals surface area contributed by atoms with Gasteiger partial charge in [-0.25, -0.2) is 15.2 Å². The van der Waals surface area contributed by atoms with Gasteiger partial charge in [0.15, 0.2) is 0 Å². The zero-order valence-electron chi connectivity index (χ0n) is 22.4. The lowest BCUT2D eigenvalue weighted by Crippen LogP contribution is -2.56. The highest BCUT2D eigenvalue weighted by atomic mass is 19.4. The van der Waals surface area contributed by atoms with Crippen molar-refractivity contribution in [1.82, 2.24) is 25.6 Å². The van der Waals surface area contributed by atoms with Crippen LogP contribution < -0.4 is 10.9 Å². The van der Waals surface area contributed by atoms with E-state index in [9.17, 15) is 22.4 Å². The lowest BCUT2D eigenvalue weighted by atomic mass is 9.64. The van der Waals surface area contributed by atoms with Gasteiger partial charge in [-0.15, -0.1) is 0 Å². The molecule has 4 heterocycles. The second-order valence-electron chi connectivity index (χ2n) is 13.2. The molecule has 7 unspecified atom stereocenters. The second-order valence-corrected chi connectivity index (χ2v) is 13.2. The van der Waals surface area contributed by atoms with E-state index in [0.717, 1.165) is 38.8 Å². The van der Waals surface area contributed by atoms with Gasteiger partial charge in [0.25, 0.3) is 0 Å². The van der Waals surface area contributed by atoms with Gasteiger partial charge in [-0.3, -0.25) is 9.69 Å². The molecule has 4 aliphatic heterocycles. The van der Waals surface area contributed by atoms with Crippen LogP contribution >= 0.6 is 0 Å². The predicted octanol–water partition coefficient (Wildman–Crippen LogP) is 2.98. The Hall–Kier alpha value is -1.01. The number of hydrogen-bond acceptors (Lipinski definition) is 6. The third-order valence-corrected chi connectivity index (χ3v) is 10.8. The van der Waals surface area contributed by atoms with E-state index in [2.05, 4.69) is 22.8 Å². The zero-order valence-corrected chi connectivity index (χ0v) is 22.4. The first-order valence-electron chi connectivity index (χ1n) is 14.6.